The van der Waals surface area contributed by atoms with Crippen molar-refractivity contribution in [1.29, 1.82) is 0 Å². The molecular weight excluding hydrogens is 508 g/mol. The number of amides is 1. The molecule has 1 N–H and O–H groups in total. The maximum Gasteiger partial charge on any atom is 0.303 e. The van der Waals surface area contributed by atoms with Gasteiger partial charge < -0.3 is 28.8 Å². The van der Waals surface area contributed by atoms with Gasteiger partial charge in [0.15, 0.2) is 11.5 Å². The Morgan fingerprint density at radius 1 is 1.03 bits per heavy atom. The highest BCUT2D eigenvalue weighted by molar-refractivity contribution is 6.30. The lowest BCUT2D eigenvalue weighted by Gasteiger charge is -2.33. The predicted molar refractivity (Wildman–Crippen MR) is 142 cm³/mol. The average molecular weight is 539 g/mol. The summed E-state index contributed by atoms with van der Waals surface area (Å²) < 4.78 is 20.2. The number of carboxylic acid groups (broad SMARTS) is 1. The second-order valence-electron chi connectivity index (χ2n) is 9.72. The first-order valence-corrected chi connectivity index (χ1v) is 13.1. The average Bonchev–Trinajstić information content (AvgIpc) is 3.36. The van der Waals surface area contributed by atoms with Crippen LogP contribution in [0.5, 0.6) is 11.5 Å². The number of fused-ring (bicyclic) bond motifs is 3. The number of aliphatic carboxylic acids is 1. The quantitative estimate of drug-likeness (QED) is 0.432. The van der Waals surface area contributed by atoms with Crippen molar-refractivity contribution in [3.63, 3.8) is 0 Å². The van der Waals surface area contributed by atoms with Crippen LogP contribution in [0.3, 0.4) is 0 Å². The third-order valence-electron chi connectivity index (χ3n) is 7.45. The van der Waals surface area contributed by atoms with Crippen LogP contribution in [0.15, 0.2) is 54.7 Å². The summed E-state index contributed by atoms with van der Waals surface area (Å²) in [6.45, 7) is 1.10. The van der Waals surface area contributed by atoms with Gasteiger partial charge in [0.1, 0.15) is 12.2 Å². The van der Waals surface area contributed by atoms with Gasteiger partial charge in [-0.15, -0.1) is 0 Å². The minimum atomic E-state index is -0.791. The highest BCUT2D eigenvalue weighted by Gasteiger charge is 2.35. The lowest BCUT2D eigenvalue weighted by atomic mass is 9.93. The van der Waals surface area contributed by atoms with E-state index in [0.717, 1.165) is 22.5 Å². The third-order valence-corrected chi connectivity index (χ3v) is 7.68. The molecule has 0 spiro atoms. The van der Waals surface area contributed by atoms with Gasteiger partial charge in [0.2, 0.25) is 5.91 Å². The topological polar surface area (TPSA) is 90.2 Å². The maximum absolute atomic E-state index is 13.5. The molecule has 1 saturated heterocycles. The summed E-state index contributed by atoms with van der Waals surface area (Å²) >= 11 is 6.46. The van der Waals surface area contributed by atoms with Gasteiger partial charge in [0.25, 0.3) is 0 Å². The number of hydrogen-bond donors (Lipinski definition) is 1. The van der Waals surface area contributed by atoms with E-state index in [9.17, 15) is 9.59 Å². The SMILES string of the molecule is COc1cccc([C@@H]2O[C@@H](CC(=O)N3CCC(CC(=O)O)CC3)c3cccn3-c3ccc(Cl)cc32)c1OC. The lowest BCUT2D eigenvalue weighted by Crippen LogP contribution is -2.39. The standard InChI is InChI=1S/C29H31ClN2O6/c1-36-24-7-3-5-20(29(24)37-2)28-21-16-19(30)8-9-22(21)32-12-4-6-23(32)25(38-28)17-26(33)31-13-10-18(11-14-31)15-27(34)35/h3-9,12,16,18,25,28H,10-11,13-15,17H2,1-2H3,(H,34,35)/t25-,28-/m0/s1. The number of benzene rings is 2. The molecule has 1 amide bonds. The van der Waals surface area contributed by atoms with Crippen molar-refractivity contribution in [2.75, 3.05) is 27.3 Å². The summed E-state index contributed by atoms with van der Waals surface area (Å²) in [6.07, 6.45) is 2.52. The number of carbonyl (C=O) groups excluding carboxylic acids is 1. The first kappa shape index (κ1) is 26.1. The van der Waals surface area contributed by atoms with Crippen molar-refractivity contribution in [1.82, 2.24) is 9.47 Å². The van der Waals surface area contributed by atoms with Crippen LogP contribution >= 0.6 is 11.6 Å². The first-order valence-electron chi connectivity index (χ1n) is 12.7. The van der Waals surface area contributed by atoms with E-state index in [1.807, 2.05) is 59.6 Å². The molecule has 3 aromatic rings. The number of aromatic nitrogens is 1. The molecule has 8 nitrogen and oxygen atoms in total. The number of methoxy groups -OCH3 is 2. The number of carbonyl (C=O) groups is 2. The molecule has 5 rings (SSSR count). The van der Waals surface area contributed by atoms with Crippen LogP contribution in [0.2, 0.25) is 5.02 Å². The number of halogens is 1. The Bertz CT molecular complexity index is 1330. The van der Waals surface area contributed by atoms with Crippen LogP contribution in [0.25, 0.3) is 5.69 Å². The van der Waals surface area contributed by atoms with Crippen LogP contribution in [0.1, 0.15) is 54.7 Å². The molecule has 200 valence electrons. The van der Waals surface area contributed by atoms with E-state index in [0.29, 0.717) is 42.5 Å². The number of carboxylic acids is 1. The number of para-hydroxylation sites is 1. The Labute approximate surface area is 226 Å². The first-order chi connectivity index (χ1) is 18.4. The third kappa shape index (κ3) is 5.11. The van der Waals surface area contributed by atoms with Crippen molar-refractivity contribution in [3.8, 4) is 17.2 Å². The summed E-state index contributed by atoms with van der Waals surface area (Å²) in [5.74, 6) is 0.436. The van der Waals surface area contributed by atoms with Gasteiger partial charge in [-0.3, -0.25) is 9.59 Å². The van der Waals surface area contributed by atoms with Crippen LogP contribution in [-0.2, 0) is 14.3 Å². The largest absolute Gasteiger partial charge is 0.493 e. The van der Waals surface area contributed by atoms with Gasteiger partial charge in [0, 0.05) is 41.9 Å². The molecular formula is C29H31ClN2O6. The Morgan fingerprint density at radius 2 is 1.82 bits per heavy atom. The molecule has 1 fully saturated rings. The number of hydrogen-bond acceptors (Lipinski definition) is 5. The Hall–Kier alpha value is -3.49. The summed E-state index contributed by atoms with van der Waals surface area (Å²) in [7, 11) is 3.18. The zero-order chi connectivity index (χ0) is 26.8. The van der Waals surface area contributed by atoms with Gasteiger partial charge in [-0.2, -0.15) is 0 Å². The van der Waals surface area contributed by atoms with Gasteiger partial charge in [-0.25, -0.2) is 0 Å². The van der Waals surface area contributed by atoms with Crippen molar-refractivity contribution in [2.24, 2.45) is 5.92 Å². The smallest absolute Gasteiger partial charge is 0.303 e. The molecule has 0 radical (unpaired) electrons. The number of ether oxygens (including phenoxy) is 3. The van der Waals surface area contributed by atoms with Gasteiger partial charge in [-0.1, -0.05) is 23.7 Å². The highest BCUT2D eigenvalue weighted by Crippen LogP contribution is 2.46. The second kappa shape index (κ2) is 11.1. The molecule has 2 aliphatic heterocycles. The molecule has 2 atom stereocenters. The minimum Gasteiger partial charge on any atom is -0.493 e. The van der Waals surface area contributed by atoms with Crippen LogP contribution in [0.4, 0.5) is 0 Å². The zero-order valence-electron chi connectivity index (χ0n) is 21.4. The van der Waals surface area contributed by atoms with E-state index in [1.165, 1.54) is 0 Å². The van der Waals surface area contributed by atoms with Crippen molar-refractivity contribution in [2.45, 2.75) is 37.9 Å². The Morgan fingerprint density at radius 3 is 2.53 bits per heavy atom. The summed E-state index contributed by atoms with van der Waals surface area (Å²) in [5.41, 5.74) is 3.40. The molecule has 9 heteroatoms. The molecule has 0 unspecified atom stereocenters. The van der Waals surface area contributed by atoms with Gasteiger partial charge >= 0.3 is 5.97 Å². The zero-order valence-corrected chi connectivity index (χ0v) is 22.2. The fraction of sp³-hybridized carbons (Fsp3) is 0.379. The van der Waals surface area contributed by atoms with Gasteiger partial charge in [0.05, 0.1) is 32.0 Å². The van der Waals surface area contributed by atoms with Crippen LogP contribution < -0.4 is 9.47 Å². The lowest BCUT2D eigenvalue weighted by molar-refractivity contribution is -0.139. The molecule has 2 aliphatic rings. The number of rotatable bonds is 7. The van der Waals surface area contributed by atoms with E-state index in [4.69, 9.17) is 30.9 Å². The molecule has 1 aromatic heterocycles. The molecule has 0 bridgehead atoms. The Kier molecular flexibility index (Phi) is 7.63. The minimum absolute atomic E-state index is 0.0168. The van der Waals surface area contributed by atoms with Crippen LogP contribution in [0, 0.1) is 5.92 Å². The van der Waals surface area contributed by atoms with Crippen molar-refractivity contribution < 1.29 is 28.9 Å². The van der Waals surface area contributed by atoms with E-state index in [2.05, 4.69) is 4.57 Å². The molecule has 38 heavy (non-hydrogen) atoms. The Balaban J connectivity index is 1.49. The molecule has 0 saturated carbocycles. The van der Waals surface area contributed by atoms with Crippen molar-refractivity contribution in [3.05, 3.63) is 76.6 Å². The molecule has 3 heterocycles. The number of likely N-dealkylation sites (tertiary alicyclic amines) is 1. The maximum atomic E-state index is 13.5. The summed E-state index contributed by atoms with van der Waals surface area (Å²) in [5, 5.41) is 9.69. The van der Waals surface area contributed by atoms with E-state index < -0.39 is 18.2 Å². The van der Waals surface area contributed by atoms with E-state index >= 15 is 0 Å². The van der Waals surface area contributed by atoms with E-state index in [1.54, 1.807) is 14.2 Å². The highest BCUT2D eigenvalue weighted by atomic mass is 35.5. The normalized spacial score (nSPS) is 19.3. The number of nitrogens with zero attached hydrogens (tertiary/aromatic N) is 2. The monoisotopic (exact) mass is 538 g/mol. The van der Waals surface area contributed by atoms with E-state index in [-0.39, 0.29) is 24.7 Å². The van der Waals surface area contributed by atoms with Crippen LogP contribution in [-0.4, -0.2) is 53.8 Å². The van der Waals surface area contributed by atoms with Gasteiger partial charge in [-0.05, 0) is 55.2 Å². The summed E-state index contributed by atoms with van der Waals surface area (Å²) in [6, 6.07) is 15.3. The van der Waals surface area contributed by atoms with Crippen molar-refractivity contribution >= 4 is 23.5 Å². The fourth-order valence-electron chi connectivity index (χ4n) is 5.57. The number of piperidine rings is 1. The molecule has 2 aromatic carbocycles. The fourth-order valence-corrected chi connectivity index (χ4v) is 5.75. The second-order valence-corrected chi connectivity index (χ2v) is 10.2. The summed E-state index contributed by atoms with van der Waals surface area (Å²) in [4.78, 5) is 26.4. The predicted octanol–water partition coefficient (Wildman–Crippen LogP) is 5.41. The molecule has 0 aliphatic carbocycles.